The van der Waals surface area contributed by atoms with Crippen molar-refractivity contribution in [1.82, 2.24) is 5.32 Å². The quantitative estimate of drug-likeness (QED) is 0.645. The van der Waals surface area contributed by atoms with Crippen LogP contribution in [0.2, 0.25) is 0 Å². The zero-order chi connectivity index (χ0) is 15.2. The molecule has 0 saturated heterocycles. The van der Waals surface area contributed by atoms with Gasteiger partial charge in [0.25, 0.3) is 11.6 Å². The van der Waals surface area contributed by atoms with E-state index >= 15 is 0 Å². The summed E-state index contributed by atoms with van der Waals surface area (Å²) in [4.78, 5) is 22.5. The molecule has 0 unspecified atom stereocenters. The Kier molecular flexibility index (Phi) is 5.14. The minimum Gasteiger partial charge on any atom is -0.383 e. The third-order valence-corrected chi connectivity index (χ3v) is 4.00. The lowest BCUT2D eigenvalue weighted by Gasteiger charge is -2.21. The van der Waals surface area contributed by atoms with Gasteiger partial charge in [-0.2, -0.15) is 0 Å². The molecule has 0 bridgehead atoms. The van der Waals surface area contributed by atoms with Crippen LogP contribution in [0.25, 0.3) is 0 Å². The maximum Gasteiger partial charge on any atom is 0.292 e. The van der Waals surface area contributed by atoms with Crippen LogP contribution in [0.1, 0.15) is 42.5 Å². The molecule has 0 radical (unpaired) electrons. The van der Waals surface area contributed by atoms with E-state index in [1.807, 2.05) is 0 Å². The third-order valence-electron chi connectivity index (χ3n) is 4.00. The number of benzene rings is 1. The first-order valence-corrected chi connectivity index (χ1v) is 7.36. The lowest BCUT2D eigenvalue weighted by Crippen LogP contribution is -2.30. The monoisotopic (exact) mass is 291 g/mol. The van der Waals surface area contributed by atoms with Crippen LogP contribution in [0.5, 0.6) is 0 Å². The van der Waals surface area contributed by atoms with Crippen molar-refractivity contribution in [2.24, 2.45) is 5.92 Å². The number of hydrogen-bond acceptors (Lipinski definition) is 4. The van der Waals surface area contributed by atoms with Crippen LogP contribution in [-0.2, 0) is 0 Å². The van der Waals surface area contributed by atoms with E-state index in [0.717, 1.165) is 0 Å². The van der Waals surface area contributed by atoms with Gasteiger partial charge >= 0.3 is 0 Å². The number of nitro benzene ring substituents is 1. The summed E-state index contributed by atoms with van der Waals surface area (Å²) < 4.78 is 0. The van der Waals surface area contributed by atoms with Gasteiger partial charge in [-0.05, 0) is 30.9 Å². The van der Waals surface area contributed by atoms with Crippen molar-refractivity contribution in [3.63, 3.8) is 0 Å². The average Bonchev–Trinajstić information content (AvgIpc) is 2.52. The highest BCUT2D eigenvalue weighted by Gasteiger charge is 2.18. The second-order valence-electron chi connectivity index (χ2n) is 5.45. The first kappa shape index (κ1) is 15.3. The molecule has 1 aromatic rings. The highest BCUT2D eigenvalue weighted by atomic mass is 16.6. The number of nitrogens with one attached hydrogen (secondary N) is 2. The summed E-state index contributed by atoms with van der Waals surface area (Å²) >= 11 is 0. The second-order valence-corrected chi connectivity index (χ2v) is 5.45. The molecule has 0 spiro atoms. The maximum absolute atomic E-state index is 12.1. The van der Waals surface area contributed by atoms with Gasteiger partial charge in [-0.25, -0.2) is 0 Å². The Morgan fingerprint density at radius 3 is 2.67 bits per heavy atom. The molecular formula is C15H21N3O3. The highest BCUT2D eigenvalue weighted by Crippen LogP contribution is 2.25. The van der Waals surface area contributed by atoms with Gasteiger partial charge in [0.1, 0.15) is 5.69 Å². The zero-order valence-electron chi connectivity index (χ0n) is 12.2. The molecule has 6 heteroatoms. The molecular weight excluding hydrogens is 270 g/mol. The summed E-state index contributed by atoms with van der Waals surface area (Å²) in [5, 5.41) is 16.5. The summed E-state index contributed by atoms with van der Waals surface area (Å²) in [6.07, 6.45) is 6.10. The number of anilines is 1. The van der Waals surface area contributed by atoms with Crippen molar-refractivity contribution in [1.29, 1.82) is 0 Å². The molecule has 1 aliphatic rings. The first-order chi connectivity index (χ1) is 10.1. The van der Waals surface area contributed by atoms with E-state index in [1.165, 1.54) is 50.3 Å². The normalized spacial score (nSPS) is 15.5. The van der Waals surface area contributed by atoms with Crippen LogP contribution >= 0.6 is 0 Å². The topological polar surface area (TPSA) is 84.3 Å². The molecule has 0 atom stereocenters. The Labute approximate surface area is 124 Å². The van der Waals surface area contributed by atoms with E-state index in [4.69, 9.17) is 0 Å². The van der Waals surface area contributed by atoms with E-state index in [0.29, 0.717) is 23.7 Å². The van der Waals surface area contributed by atoms with Crippen molar-refractivity contribution < 1.29 is 9.72 Å². The Bertz CT molecular complexity index is 525. The van der Waals surface area contributed by atoms with Crippen LogP contribution in [0.3, 0.4) is 0 Å². The van der Waals surface area contributed by atoms with E-state index in [9.17, 15) is 14.9 Å². The third kappa shape index (κ3) is 3.93. The SMILES string of the molecule is CNc1cc(C(=O)NCC2CCCCC2)ccc1[N+](=O)[O-]. The van der Waals surface area contributed by atoms with Gasteiger partial charge in [-0.15, -0.1) is 0 Å². The van der Waals surface area contributed by atoms with Crippen LogP contribution < -0.4 is 10.6 Å². The summed E-state index contributed by atoms with van der Waals surface area (Å²) in [5.41, 5.74) is 0.771. The van der Waals surface area contributed by atoms with E-state index in [2.05, 4.69) is 10.6 Å². The summed E-state index contributed by atoms with van der Waals surface area (Å²) in [5.74, 6) is 0.386. The van der Waals surface area contributed by atoms with Gasteiger partial charge in [0.15, 0.2) is 0 Å². The molecule has 0 heterocycles. The fraction of sp³-hybridized carbons (Fsp3) is 0.533. The predicted octanol–water partition coefficient (Wildman–Crippen LogP) is 2.95. The Balaban J connectivity index is 2.00. The minimum absolute atomic E-state index is 0.0265. The molecule has 0 aliphatic heterocycles. The number of nitro groups is 1. The number of hydrogen-bond donors (Lipinski definition) is 2. The molecule has 1 aromatic carbocycles. The van der Waals surface area contributed by atoms with Crippen molar-refractivity contribution in [2.45, 2.75) is 32.1 Å². The van der Waals surface area contributed by atoms with E-state index in [-0.39, 0.29) is 11.6 Å². The molecule has 6 nitrogen and oxygen atoms in total. The fourth-order valence-electron chi connectivity index (χ4n) is 2.77. The molecule has 21 heavy (non-hydrogen) atoms. The average molecular weight is 291 g/mol. The van der Waals surface area contributed by atoms with Crippen LogP contribution in [0, 0.1) is 16.0 Å². The van der Waals surface area contributed by atoms with Crippen LogP contribution in [0.15, 0.2) is 18.2 Å². The van der Waals surface area contributed by atoms with Gasteiger partial charge in [0.05, 0.1) is 4.92 Å². The number of nitrogens with zero attached hydrogens (tertiary/aromatic N) is 1. The molecule has 0 aromatic heterocycles. The molecule has 2 N–H and O–H groups in total. The molecule has 114 valence electrons. The lowest BCUT2D eigenvalue weighted by atomic mass is 9.89. The summed E-state index contributed by atoms with van der Waals surface area (Å²) in [6.45, 7) is 0.685. The number of rotatable bonds is 5. The number of carbonyl (C=O) groups excluding carboxylic acids is 1. The van der Waals surface area contributed by atoms with E-state index < -0.39 is 4.92 Å². The number of carbonyl (C=O) groups is 1. The van der Waals surface area contributed by atoms with E-state index in [1.54, 1.807) is 7.05 Å². The minimum atomic E-state index is -0.463. The highest BCUT2D eigenvalue weighted by molar-refractivity contribution is 5.95. The van der Waals surface area contributed by atoms with Crippen LogP contribution in [0.4, 0.5) is 11.4 Å². The Morgan fingerprint density at radius 1 is 1.33 bits per heavy atom. The summed E-state index contributed by atoms with van der Waals surface area (Å²) in [7, 11) is 1.60. The first-order valence-electron chi connectivity index (χ1n) is 7.36. The van der Waals surface area contributed by atoms with Crippen molar-refractivity contribution in [2.75, 3.05) is 18.9 Å². The largest absolute Gasteiger partial charge is 0.383 e. The smallest absolute Gasteiger partial charge is 0.292 e. The lowest BCUT2D eigenvalue weighted by molar-refractivity contribution is -0.383. The molecule has 2 rings (SSSR count). The molecule has 1 amide bonds. The predicted molar refractivity (Wildman–Crippen MR) is 81.6 cm³/mol. The molecule has 1 fully saturated rings. The maximum atomic E-state index is 12.1. The van der Waals surface area contributed by atoms with Crippen molar-refractivity contribution >= 4 is 17.3 Å². The zero-order valence-corrected chi connectivity index (χ0v) is 12.2. The molecule has 1 aliphatic carbocycles. The van der Waals surface area contributed by atoms with Crippen molar-refractivity contribution in [3.8, 4) is 0 Å². The van der Waals surface area contributed by atoms with Gasteiger partial charge in [-0.3, -0.25) is 14.9 Å². The Morgan fingerprint density at radius 2 is 2.05 bits per heavy atom. The van der Waals surface area contributed by atoms with Gasteiger partial charge in [0, 0.05) is 25.2 Å². The molecule has 1 saturated carbocycles. The standard InChI is InChI=1S/C15H21N3O3/c1-16-13-9-12(7-8-14(13)18(20)21)15(19)17-10-11-5-3-2-4-6-11/h7-9,11,16H,2-6,10H2,1H3,(H,17,19). The summed E-state index contributed by atoms with van der Waals surface area (Å²) in [6, 6.07) is 4.38. The fourth-order valence-corrected chi connectivity index (χ4v) is 2.77. The number of amides is 1. The van der Waals surface area contributed by atoms with Gasteiger partial charge in [-0.1, -0.05) is 19.3 Å². The van der Waals surface area contributed by atoms with Gasteiger partial charge in [0.2, 0.25) is 0 Å². The Hall–Kier alpha value is -2.11. The van der Waals surface area contributed by atoms with Crippen molar-refractivity contribution in [3.05, 3.63) is 33.9 Å². The van der Waals surface area contributed by atoms with Gasteiger partial charge < -0.3 is 10.6 Å². The van der Waals surface area contributed by atoms with Crippen LogP contribution in [-0.4, -0.2) is 24.4 Å². The second kappa shape index (κ2) is 7.06.